The Morgan fingerprint density at radius 1 is 1.00 bits per heavy atom. The van der Waals surface area contributed by atoms with E-state index in [0.717, 1.165) is 0 Å². The normalized spacial score (nSPS) is 10.5. The molecular formula is C17H26. The van der Waals surface area contributed by atoms with Gasteiger partial charge < -0.3 is 0 Å². The molecule has 0 aliphatic rings. The van der Waals surface area contributed by atoms with Crippen molar-refractivity contribution < 1.29 is 0 Å². The molecule has 0 saturated carbocycles. The van der Waals surface area contributed by atoms with Crippen molar-refractivity contribution in [2.45, 2.75) is 58.8 Å². The lowest BCUT2D eigenvalue weighted by Crippen LogP contribution is -1.93. The van der Waals surface area contributed by atoms with Crippen molar-refractivity contribution in [2.24, 2.45) is 0 Å². The molecule has 0 unspecified atom stereocenters. The monoisotopic (exact) mass is 230 g/mol. The van der Waals surface area contributed by atoms with Gasteiger partial charge in [-0.05, 0) is 42.4 Å². The number of benzene rings is 1. The van der Waals surface area contributed by atoms with Crippen LogP contribution in [0.5, 0.6) is 0 Å². The molecule has 1 rings (SSSR count). The quantitative estimate of drug-likeness (QED) is 0.524. The third kappa shape index (κ3) is 4.77. The Bertz CT molecular complexity index is 336. The minimum atomic E-state index is 1.19. The van der Waals surface area contributed by atoms with Gasteiger partial charge in [-0.1, -0.05) is 64.0 Å². The Morgan fingerprint density at radius 3 is 2.41 bits per heavy atom. The largest absolute Gasteiger partial charge is 0.0985 e. The van der Waals surface area contributed by atoms with E-state index in [1.165, 1.54) is 61.6 Å². The molecule has 0 aliphatic heterocycles. The molecule has 0 amide bonds. The van der Waals surface area contributed by atoms with Crippen molar-refractivity contribution >= 4 is 6.08 Å². The fourth-order valence-corrected chi connectivity index (χ4v) is 2.18. The number of unbranched alkanes of at least 4 members (excludes halogenated alkanes) is 3. The molecule has 0 fully saturated rings. The van der Waals surface area contributed by atoms with E-state index in [9.17, 15) is 0 Å². The van der Waals surface area contributed by atoms with Crippen LogP contribution in [0.15, 0.2) is 24.8 Å². The number of hydrogen-bond donors (Lipinski definition) is 0. The minimum absolute atomic E-state index is 1.19. The first-order valence-electron chi connectivity index (χ1n) is 7.06. The topological polar surface area (TPSA) is 0 Å². The summed E-state index contributed by atoms with van der Waals surface area (Å²) in [6.07, 6.45) is 10.9. The van der Waals surface area contributed by atoms with Crippen molar-refractivity contribution in [1.29, 1.82) is 0 Å². The fourth-order valence-electron chi connectivity index (χ4n) is 2.18. The maximum atomic E-state index is 3.90. The van der Waals surface area contributed by atoms with Crippen LogP contribution >= 0.6 is 0 Å². The summed E-state index contributed by atoms with van der Waals surface area (Å²) in [6.45, 7) is 8.41. The van der Waals surface area contributed by atoms with Gasteiger partial charge in [-0.15, -0.1) is 0 Å². The van der Waals surface area contributed by atoms with E-state index in [1.54, 1.807) is 0 Å². The van der Waals surface area contributed by atoms with Gasteiger partial charge in [0.1, 0.15) is 0 Å². The molecular weight excluding hydrogens is 204 g/mol. The van der Waals surface area contributed by atoms with Crippen LogP contribution in [-0.2, 0) is 12.8 Å². The predicted molar refractivity (Wildman–Crippen MR) is 78.4 cm³/mol. The summed E-state index contributed by atoms with van der Waals surface area (Å²) in [5.74, 6) is 0. The van der Waals surface area contributed by atoms with Gasteiger partial charge in [-0.25, -0.2) is 0 Å². The summed E-state index contributed by atoms with van der Waals surface area (Å²) in [5, 5.41) is 0. The van der Waals surface area contributed by atoms with Crippen LogP contribution in [-0.4, -0.2) is 0 Å². The molecule has 0 N–H and O–H groups in total. The zero-order valence-corrected chi connectivity index (χ0v) is 11.5. The van der Waals surface area contributed by atoms with E-state index in [4.69, 9.17) is 0 Å². The van der Waals surface area contributed by atoms with Crippen molar-refractivity contribution in [3.63, 3.8) is 0 Å². The van der Waals surface area contributed by atoms with Gasteiger partial charge in [0.05, 0.1) is 0 Å². The van der Waals surface area contributed by atoms with E-state index >= 15 is 0 Å². The molecule has 0 spiro atoms. The first kappa shape index (κ1) is 14.0. The van der Waals surface area contributed by atoms with E-state index in [-0.39, 0.29) is 0 Å². The van der Waals surface area contributed by atoms with E-state index in [1.807, 2.05) is 6.08 Å². The molecule has 0 nitrogen and oxygen atoms in total. The number of aryl methyl sites for hydroxylation is 2. The highest BCUT2D eigenvalue weighted by Gasteiger charge is 2.01. The standard InChI is InChI=1S/C17H26/c1-4-7-9-10-15-12-13-16(6-3)17(14-15)11-8-5-2/h6,12-14H,3-5,7-11H2,1-2H3. The Morgan fingerprint density at radius 2 is 1.76 bits per heavy atom. The Balaban J connectivity index is 2.69. The van der Waals surface area contributed by atoms with Crippen LogP contribution < -0.4 is 0 Å². The Kier molecular flexibility index (Phi) is 6.69. The maximum Gasteiger partial charge on any atom is -0.0230 e. The highest BCUT2D eigenvalue weighted by Crippen LogP contribution is 2.17. The second-order valence-electron chi connectivity index (χ2n) is 4.80. The lowest BCUT2D eigenvalue weighted by Gasteiger charge is -2.09. The number of hydrogen-bond acceptors (Lipinski definition) is 0. The molecule has 17 heavy (non-hydrogen) atoms. The van der Waals surface area contributed by atoms with Crippen molar-refractivity contribution in [3.8, 4) is 0 Å². The Hall–Kier alpha value is -1.04. The fraction of sp³-hybridized carbons (Fsp3) is 0.529. The van der Waals surface area contributed by atoms with E-state index in [0.29, 0.717) is 0 Å². The summed E-state index contributed by atoms with van der Waals surface area (Å²) in [5.41, 5.74) is 4.30. The molecule has 1 aromatic carbocycles. The molecule has 0 aromatic heterocycles. The van der Waals surface area contributed by atoms with Gasteiger partial charge in [0.2, 0.25) is 0 Å². The predicted octanol–water partition coefficient (Wildman–Crippen LogP) is 5.40. The summed E-state index contributed by atoms with van der Waals surface area (Å²) in [4.78, 5) is 0. The minimum Gasteiger partial charge on any atom is -0.0985 e. The lowest BCUT2D eigenvalue weighted by molar-refractivity contribution is 0.716. The highest BCUT2D eigenvalue weighted by atomic mass is 14.1. The molecule has 0 atom stereocenters. The van der Waals surface area contributed by atoms with Gasteiger partial charge in [-0.2, -0.15) is 0 Å². The average Bonchev–Trinajstić information content (AvgIpc) is 2.37. The van der Waals surface area contributed by atoms with Crippen molar-refractivity contribution in [3.05, 3.63) is 41.5 Å². The molecule has 0 aliphatic carbocycles. The lowest BCUT2D eigenvalue weighted by atomic mass is 9.97. The first-order valence-corrected chi connectivity index (χ1v) is 7.06. The number of rotatable bonds is 8. The summed E-state index contributed by atoms with van der Waals surface area (Å²) >= 11 is 0. The van der Waals surface area contributed by atoms with Crippen LogP contribution in [0.4, 0.5) is 0 Å². The average molecular weight is 230 g/mol. The molecule has 94 valence electrons. The van der Waals surface area contributed by atoms with Gasteiger partial charge in [0, 0.05) is 0 Å². The molecule has 0 radical (unpaired) electrons. The molecule has 0 heteroatoms. The van der Waals surface area contributed by atoms with Crippen molar-refractivity contribution in [2.75, 3.05) is 0 Å². The third-order valence-electron chi connectivity index (χ3n) is 3.30. The van der Waals surface area contributed by atoms with Gasteiger partial charge >= 0.3 is 0 Å². The van der Waals surface area contributed by atoms with Gasteiger partial charge in [0.25, 0.3) is 0 Å². The summed E-state index contributed by atoms with van der Waals surface area (Å²) < 4.78 is 0. The molecule has 1 aromatic rings. The first-order chi connectivity index (χ1) is 8.31. The molecule has 0 saturated heterocycles. The van der Waals surface area contributed by atoms with E-state index < -0.39 is 0 Å². The molecule has 0 heterocycles. The van der Waals surface area contributed by atoms with Crippen LogP contribution in [0, 0.1) is 0 Å². The third-order valence-corrected chi connectivity index (χ3v) is 3.30. The second kappa shape index (κ2) is 8.11. The van der Waals surface area contributed by atoms with Gasteiger partial charge in [0.15, 0.2) is 0 Å². The summed E-state index contributed by atoms with van der Waals surface area (Å²) in [6, 6.07) is 6.89. The van der Waals surface area contributed by atoms with Crippen LogP contribution in [0.25, 0.3) is 6.08 Å². The van der Waals surface area contributed by atoms with Crippen LogP contribution in [0.3, 0.4) is 0 Å². The molecule has 0 bridgehead atoms. The smallest absolute Gasteiger partial charge is 0.0230 e. The van der Waals surface area contributed by atoms with Crippen LogP contribution in [0.2, 0.25) is 0 Å². The Labute approximate surface area is 107 Å². The zero-order valence-electron chi connectivity index (χ0n) is 11.5. The zero-order chi connectivity index (χ0) is 12.5. The second-order valence-corrected chi connectivity index (χ2v) is 4.80. The van der Waals surface area contributed by atoms with E-state index in [2.05, 4.69) is 38.6 Å². The van der Waals surface area contributed by atoms with Crippen molar-refractivity contribution in [1.82, 2.24) is 0 Å². The van der Waals surface area contributed by atoms with Gasteiger partial charge in [-0.3, -0.25) is 0 Å². The SMILES string of the molecule is C=Cc1ccc(CCCCC)cc1CCCC. The highest BCUT2D eigenvalue weighted by molar-refractivity contribution is 5.53. The van der Waals surface area contributed by atoms with Crippen LogP contribution in [0.1, 0.15) is 62.6 Å². The summed E-state index contributed by atoms with van der Waals surface area (Å²) in [7, 11) is 0. The maximum absolute atomic E-state index is 3.90.